The second-order valence-corrected chi connectivity index (χ2v) is 5.28. The lowest BCUT2D eigenvalue weighted by Crippen LogP contribution is -2.55. The second kappa shape index (κ2) is 5.95. The molecule has 0 unspecified atom stereocenters. The van der Waals surface area contributed by atoms with E-state index in [2.05, 4.69) is 4.74 Å². The lowest BCUT2D eigenvalue weighted by atomic mass is 9.90. The highest BCUT2D eigenvalue weighted by Gasteiger charge is 2.38. The molecular weight excluding hydrogens is 284 g/mol. The zero-order chi connectivity index (χ0) is 15.6. The highest BCUT2D eigenvalue weighted by molar-refractivity contribution is 5.94. The fourth-order valence-corrected chi connectivity index (χ4v) is 2.20. The number of carbonyl (C=O) groups excluding carboxylic acids is 1. The Labute approximate surface area is 120 Å². The highest BCUT2D eigenvalue weighted by Crippen LogP contribution is 2.24. The number of likely N-dealkylation sites (tertiary alicyclic amines) is 1. The summed E-state index contributed by atoms with van der Waals surface area (Å²) >= 11 is 0. The Kier molecular flexibility index (Phi) is 4.43. The Balaban J connectivity index is 2.10. The van der Waals surface area contributed by atoms with E-state index in [0.717, 1.165) is 0 Å². The molecule has 21 heavy (non-hydrogen) atoms. The summed E-state index contributed by atoms with van der Waals surface area (Å²) in [7, 11) is 0. The summed E-state index contributed by atoms with van der Waals surface area (Å²) in [6.45, 7) is -1.17. The number of hydrogen-bond acceptors (Lipinski definition) is 4. The molecule has 5 nitrogen and oxygen atoms in total. The van der Waals surface area contributed by atoms with Crippen molar-refractivity contribution >= 4 is 5.91 Å². The fraction of sp³-hybridized carbons (Fsp3) is 0.500. The molecule has 1 saturated heterocycles. The number of aliphatic hydroxyl groups excluding tert-OH is 1. The van der Waals surface area contributed by atoms with Gasteiger partial charge in [0.1, 0.15) is 5.75 Å². The van der Waals surface area contributed by atoms with Gasteiger partial charge in [-0.25, -0.2) is 0 Å². The first-order valence-electron chi connectivity index (χ1n) is 6.54. The van der Waals surface area contributed by atoms with E-state index in [-0.39, 0.29) is 30.8 Å². The van der Waals surface area contributed by atoms with Crippen LogP contribution >= 0.6 is 0 Å². The van der Waals surface area contributed by atoms with Crippen molar-refractivity contribution in [2.24, 2.45) is 0 Å². The largest absolute Gasteiger partial charge is 0.435 e. The number of halogens is 2. The van der Waals surface area contributed by atoms with E-state index in [0.29, 0.717) is 0 Å². The van der Waals surface area contributed by atoms with Crippen LogP contribution in [0.4, 0.5) is 8.78 Å². The SMILES string of the molecule is C[C@@]1(O)CCN(C(=O)c2cccc(OC(F)F)c2)C[C@H]1O. The van der Waals surface area contributed by atoms with Crippen LogP contribution in [0.5, 0.6) is 5.75 Å². The molecule has 0 aromatic heterocycles. The molecule has 0 bridgehead atoms. The van der Waals surface area contributed by atoms with Crippen molar-refractivity contribution in [2.75, 3.05) is 13.1 Å². The van der Waals surface area contributed by atoms with E-state index < -0.39 is 24.2 Å². The number of alkyl halides is 2. The summed E-state index contributed by atoms with van der Waals surface area (Å²) in [5.74, 6) is -0.496. The Hall–Kier alpha value is -1.73. The number of amides is 1. The predicted octanol–water partition coefficient (Wildman–Crippen LogP) is 1.25. The summed E-state index contributed by atoms with van der Waals surface area (Å²) in [4.78, 5) is 13.7. The monoisotopic (exact) mass is 301 g/mol. The lowest BCUT2D eigenvalue weighted by molar-refractivity contribution is -0.0999. The molecule has 1 heterocycles. The molecule has 1 aromatic rings. The number of β-amino-alcohol motifs (C(OH)–C–C–N with tert-alkyl or cyclic N) is 1. The molecule has 1 aliphatic heterocycles. The molecule has 116 valence electrons. The van der Waals surface area contributed by atoms with Gasteiger partial charge in [-0.1, -0.05) is 6.07 Å². The van der Waals surface area contributed by atoms with Crippen LogP contribution in [-0.4, -0.2) is 52.4 Å². The van der Waals surface area contributed by atoms with Crippen LogP contribution < -0.4 is 4.74 Å². The molecule has 2 N–H and O–H groups in total. The summed E-state index contributed by atoms with van der Waals surface area (Å²) in [6, 6.07) is 5.49. The van der Waals surface area contributed by atoms with Crippen LogP contribution in [0.1, 0.15) is 23.7 Å². The van der Waals surface area contributed by atoms with E-state index in [9.17, 15) is 23.8 Å². The molecule has 2 atom stereocenters. The number of carbonyl (C=O) groups is 1. The number of nitrogens with zero attached hydrogens (tertiary/aromatic N) is 1. The molecule has 7 heteroatoms. The maximum absolute atomic E-state index is 12.3. The van der Waals surface area contributed by atoms with E-state index in [1.807, 2.05) is 0 Å². The third-order valence-corrected chi connectivity index (χ3v) is 3.59. The number of piperidine rings is 1. The van der Waals surface area contributed by atoms with E-state index in [1.54, 1.807) is 0 Å². The quantitative estimate of drug-likeness (QED) is 0.881. The molecule has 0 aliphatic carbocycles. The van der Waals surface area contributed by atoms with Gasteiger partial charge in [0.2, 0.25) is 0 Å². The number of aliphatic hydroxyl groups is 2. The van der Waals surface area contributed by atoms with Crippen molar-refractivity contribution in [3.63, 3.8) is 0 Å². The van der Waals surface area contributed by atoms with E-state index in [4.69, 9.17) is 0 Å². The topological polar surface area (TPSA) is 70.0 Å². The second-order valence-electron chi connectivity index (χ2n) is 5.28. The van der Waals surface area contributed by atoms with Crippen LogP contribution in [0, 0.1) is 0 Å². The summed E-state index contributed by atoms with van der Waals surface area (Å²) in [5.41, 5.74) is -1.03. The van der Waals surface area contributed by atoms with E-state index >= 15 is 0 Å². The zero-order valence-electron chi connectivity index (χ0n) is 11.5. The number of hydrogen-bond donors (Lipinski definition) is 2. The van der Waals surface area contributed by atoms with Gasteiger partial charge in [0.15, 0.2) is 0 Å². The van der Waals surface area contributed by atoms with Gasteiger partial charge in [0.25, 0.3) is 5.91 Å². The Bertz CT molecular complexity index is 521. The van der Waals surface area contributed by atoms with Crippen LogP contribution in [0.2, 0.25) is 0 Å². The first kappa shape index (κ1) is 15.7. The van der Waals surface area contributed by atoms with Gasteiger partial charge in [-0.15, -0.1) is 0 Å². The third-order valence-electron chi connectivity index (χ3n) is 3.59. The Morgan fingerprint density at radius 3 is 2.86 bits per heavy atom. The Morgan fingerprint density at radius 1 is 1.52 bits per heavy atom. The van der Waals surface area contributed by atoms with Crippen molar-refractivity contribution in [1.29, 1.82) is 0 Å². The van der Waals surface area contributed by atoms with Gasteiger partial charge in [-0.3, -0.25) is 4.79 Å². The van der Waals surface area contributed by atoms with Crippen LogP contribution in [0.15, 0.2) is 24.3 Å². The van der Waals surface area contributed by atoms with Crippen LogP contribution in [-0.2, 0) is 0 Å². The Morgan fingerprint density at radius 2 is 2.24 bits per heavy atom. The van der Waals surface area contributed by atoms with Crippen molar-refractivity contribution in [1.82, 2.24) is 4.90 Å². The maximum Gasteiger partial charge on any atom is 0.387 e. The molecule has 1 amide bonds. The fourth-order valence-electron chi connectivity index (χ4n) is 2.20. The summed E-state index contributed by atoms with van der Waals surface area (Å²) in [6.07, 6.45) is -0.802. The summed E-state index contributed by atoms with van der Waals surface area (Å²) < 4.78 is 28.6. The normalized spacial score (nSPS) is 26.0. The number of ether oxygens (including phenoxy) is 1. The van der Waals surface area contributed by atoms with Gasteiger partial charge in [-0.05, 0) is 31.5 Å². The predicted molar refractivity (Wildman–Crippen MR) is 70.2 cm³/mol. The van der Waals surface area contributed by atoms with Crippen LogP contribution in [0.3, 0.4) is 0 Å². The molecule has 2 rings (SSSR count). The van der Waals surface area contributed by atoms with Crippen molar-refractivity contribution in [2.45, 2.75) is 31.7 Å². The van der Waals surface area contributed by atoms with Gasteiger partial charge < -0.3 is 19.8 Å². The molecule has 1 fully saturated rings. The lowest BCUT2D eigenvalue weighted by Gasteiger charge is -2.39. The van der Waals surface area contributed by atoms with Gasteiger partial charge >= 0.3 is 6.61 Å². The van der Waals surface area contributed by atoms with Crippen molar-refractivity contribution in [3.8, 4) is 5.75 Å². The average molecular weight is 301 g/mol. The molecule has 0 saturated carbocycles. The van der Waals surface area contributed by atoms with Gasteiger partial charge in [-0.2, -0.15) is 8.78 Å². The molecular formula is C14H17F2NO4. The van der Waals surface area contributed by atoms with Crippen LogP contribution in [0.25, 0.3) is 0 Å². The van der Waals surface area contributed by atoms with Gasteiger partial charge in [0.05, 0.1) is 11.7 Å². The highest BCUT2D eigenvalue weighted by atomic mass is 19.3. The number of benzene rings is 1. The molecule has 1 aromatic carbocycles. The van der Waals surface area contributed by atoms with Crippen molar-refractivity contribution in [3.05, 3.63) is 29.8 Å². The smallest absolute Gasteiger partial charge is 0.387 e. The van der Waals surface area contributed by atoms with Crippen molar-refractivity contribution < 1.29 is 28.5 Å². The number of rotatable bonds is 3. The minimum atomic E-state index is -2.96. The first-order chi connectivity index (χ1) is 9.79. The maximum atomic E-state index is 12.3. The molecule has 0 radical (unpaired) electrons. The zero-order valence-corrected chi connectivity index (χ0v) is 11.5. The molecule has 0 spiro atoms. The third kappa shape index (κ3) is 3.68. The first-order valence-corrected chi connectivity index (χ1v) is 6.54. The molecule has 1 aliphatic rings. The standard InChI is InChI=1S/C14H17F2NO4/c1-14(20)5-6-17(8-11(14)18)12(19)9-3-2-4-10(7-9)21-13(15)16/h2-4,7,11,13,18,20H,5-6,8H2,1H3/t11-,14-/m1/s1. The van der Waals surface area contributed by atoms with Gasteiger partial charge in [0, 0.05) is 18.7 Å². The minimum absolute atomic E-state index is 0.00817. The average Bonchev–Trinajstić information content (AvgIpc) is 2.41. The minimum Gasteiger partial charge on any atom is -0.435 e. The van der Waals surface area contributed by atoms with E-state index in [1.165, 1.54) is 36.1 Å². The summed E-state index contributed by atoms with van der Waals surface area (Å²) in [5, 5.41) is 19.7.